The molecule has 1 saturated heterocycles. The summed E-state index contributed by atoms with van der Waals surface area (Å²) in [6.07, 6.45) is 0.914. The second kappa shape index (κ2) is 6.78. The van der Waals surface area contributed by atoms with Crippen LogP contribution in [-0.2, 0) is 10.3 Å². The van der Waals surface area contributed by atoms with E-state index in [9.17, 15) is 4.79 Å². The summed E-state index contributed by atoms with van der Waals surface area (Å²) in [4.78, 5) is 14.4. The van der Waals surface area contributed by atoms with E-state index in [1.54, 1.807) is 6.92 Å². The average Bonchev–Trinajstić information content (AvgIpc) is 2.59. The number of piperidine rings is 1. The first kappa shape index (κ1) is 16.7. The first-order chi connectivity index (χ1) is 11.5. The van der Waals surface area contributed by atoms with Crippen molar-refractivity contribution in [3.8, 4) is 0 Å². The van der Waals surface area contributed by atoms with E-state index in [0.717, 1.165) is 13.0 Å². The molecule has 0 saturated carbocycles. The van der Waals surface area contributed by atoms with E-state index in [2.05, 4.69) is 78.8 Å². The maximum Gasteiger partial charge on any atom is 0.217 e. The number of likely N-dealkylation sites (tertiary alicyclic amines) is 1. The van der Waals surface area contributed by atoms with Gasteiger partial charge >= 0.3 is 0 Å². The Kier molecular flexibility index (Phi) is 4.72. The standard InChI is InChI=1S/C21H26N2O/c1-16-20(18-10-6-4-7-11-18)23(3)15-14-21(16,22-17(2)24)19-12-8-5-9-13-19/h4-13,16,20H,14-15H2,1-3H3,(H,22,24). The molecule has 1 fully saturated rings. The van der Waals surface area contributed by atoms with Gasteiger partial charge in [-0.2, -0.15) is 0 Å². The predicted molar refractivity (Wildman–Crippen MR) is 97.5 cm³/mol. The Labute approximate surface area is 144 Å². The zero-order valence-corrected chi connectivity index (χ0v) is 14.7. The number of carbonyl (C=O) groups excluding carboxylic acids is 1. The van der Waals surface area contributed by atoms with Crippen LogP contribution in [0.1, 0.15) is 37.4 Å². The molecule has 24 heavy (non-hydrogen) atoms. The van der Waals surface area contributed by atoms with E-state index in [-0.39, 0.29) is 23.4 Å². The summed E-state index contributed by atoms with van der Waals surface area (Å²) < 4.78 is 0. The van der Waals surface area contributed by atoms with E-state index >= 15 is 0 Å². The molecule has 3 heteroatoms. The van der Waals surface area contributed by atoms with Crippen molar-refractivity contribution in [2.24, 2.45) is 5.92 Å². The summed E-state index contributed by atoms with van der Waals surface area (Å²) in [7, 11) is 2.18. The fourth-order valence-corrected chi connectivity index (χ4v) is 4.27. The molecule has 0 radical (unpaired) electrons. The maximum atomic E-state index is 12.0. The summed E-state index contributed by atoms with van der Waals surface area (Å²) in [5.41, 5.74) is 2.17. The van der Waals surface area contributed by atoms with E-state index in [4.69, 9.17) is 0 Å². The van der Waals surface area contributed by atoms with Gasteiger partial charge in [-0.05, 0) is 24.6 Å². The molecular formula is C21H26N2O. The molecule has 3 nitrogen and oxygen atoms in total. The molecule has 126 valence electrons. The number of hydrogen-bond donors (Lipinski definition) is 1. The Balaban J connectivity index is 2.07. The van der Waals surface area contributed by atoms with E-state index < -0.39 is 0 Å². The molecule has 0 aliphatic carbocycles. The van der Waals surface area contributed by atoms with Gasteiger partial charge in [-0.25, -0.2) is 0 Å². The second-order valence-electron chi connectivity index (χ2n) is 6.89. The van der Waals surface area contributed by atoms with Crippen molar-refractivity contribution in [2.45, 2.75) is 31.8 Å². The summed E-state index contributed by atoms with van der Waals surface area (Å²) >= 11 is 0. The summed E-state index contributed by atoms with van der Waals surface area (Å²) in [5, 5.41) is 3.32. The van der Waals surface area contributed by atoms with E-state index in [1.165, 1.54) is 11.1 Å². The quantitative estimate of drug-likeness (QED) is 0.934. The zero-order chi connectivity index (χ0) is 17.2. The Bertz CT molecular complexity index is 685. The molecule has 1 heterocycles. The third-order valence-electron chi connectivity index (χ3n) is 5.41. The largest absolute Gasteiger partial charge is 0.346 e. The molecule has 0 bridgehead atoms. The topological polar surface area (TPSA) is 32.3 Å². The summed E-state index contributed by atoms with van der Waals surface area (Å²) in [6, 6.07) is 21.3. The Morgan fingerprint density at radius 2 is 1.67 bits per heavy atom. The zero-order valence-electron chi connectivity index (χ0n) is 14.7. The van der Waals surface area contributed by atoms with Crippen LogP contribution >= 0.6 is 0 Å². The van der Waals surface area contributed by atoms with Crippen LogP contribution in [0.5, 0.6) is 0 Å². The van der Waals surface area contributed by atoms with Crippen LogP contribution in [0, 0.1) is 5.92 Å². The third kappa shape index (κ3) is 2.96. The maximum absolute atomic E-state index is 12.0. The van der Waals surface area contributed by atoms with Crippen molar-refractivity contribution in [1.82, 2.24) is 10.2 Å². The fourth-order valence-electron chi connectivity index (χ4n) is 4.27. The number of carbonyl (C=O) groups is 1. The van der Waals surface area contributed by atoms with E-state index in [0.29, 0.717) is 0 Å². The smallest absolute Gasteiger partial charge is 0.217 e. The lowest BCUT2D eigenvalue weighted by atomic mass is 9.68. The number of nitrogens with one attached hydrogen (secondary N) is 1. The lowest BCUT2D eigenvalue weighted by Gasteiger charge is -2.51. The van der Waals surface area contributed by atoms with Crippen LogP contribution in [0.25, 0.3) is 0 Å². The van der Waals surface area contributed by atoms with Crippen molar-refractivity contribution in [3.05, 3.63) is 71.8 Å². The minimum absolute atomic E-state index is 0.0297. The van der Waals surface area contributed by atoms with Gasteiger partial charge in [-0.3, -0.25) is 9.69 Å². The molecule has 1 amide bonds. The molecule has 3 atom stereocenters. The molecule has 3 unspecified atom stereocenters. The highest BCUT2D eigenvalue weighted by Gasteiger charge is 2.47. The summed E-state index contributed by atoms with van der Waals surface area (Å²) in [6.45, 7) is 4.82. The predicted octanol–water partition coefficient (Wildman–Crippen LogP) is 3.73. The molecule has 2 aromatic rings. The van der Waals surface area contributed by atoms with Crippen molar-refractivity contribution in [1.29, 1.82) is 0 Å². The van der Waals surface area contributed by atoms with Crippen LogP contribution in [0.3, 0.4) is 0 Å². The van der Waals surface area contributed by atoms with Crippen molar-refractivity contribution in [2.75, 3.05) is 13.6 Å². The van der Waals surface area contributed by atoms with Gasteiger partial charge in [0.05, 0.1) is 5.54 Å². The van der Waals surface area contributed by atoms with Crippen molar-refractivity contribution >= 4 is 5.91 Å². The SMILES string of the molecule is CC(=O)NC1(c2ccccc2)CCN(C)C(c2ccccc2)C1C. The molecule has 1 aliphatic heterocycles. The minimum atomic E-state index is -0.333. The van der Waals surface area contributed by atoms with Gasteiger partial charge in [0, 0.05) is 25.4 Å². The summed E-state index contributed by atoms with van der Waals surface area (Å²) in [5.74, 6) is 0.284. The highest BCUT2D eigenvalue weighted by molar-refractivity contribution is 5.74. The molecule has 1 N–H and O–H groups in total. The van der Waals surface area contributed by atoms with Crippen LogP contribution < -0.4 is 5.32 Å². The highest BCUT2D eigenvalue weighted by Crippen LogP contribution is 2.46. The molecule has 0 spiro atoms. The van der Waals surface area contributed by atoms with Gasteiger partial charge in [0.15, 0.2) is 0 Å². The van der Waals surface area contributed by atoms with E-state index in [1.807, 2.05) is 6.07 Å². The van der Waals surface area contributed by atoms with Gasteiger partial charge in [-0.1, -0.05) is 67.6 Å². The number of rotatable bonds is 3. The number of benzene rings is 2. The van der Waals surface area contributed by atoms with Gasteiger partial charge in [0.1, 0.15) is 0 Å². The Hall–Kier alpha value is -2.13. The first-order valence-electron chi connectivity index (χ1n) is 8.64. The number of nitrogens with zero attached hydrogens (tertiary/aromatic N) is 1. The molecule has 1 aliphatic rings. The normalized spacial score (nSPS) is 27.6. The molecule has 0 aromatic heterocycles. The van der Waals surface area contributed by atoms with Crippen molar-refractivity contribution < 1.29 is 4.79 Å². The van der Waals surface area contributed by atoms with Gasteiger partial charge in [-0.15, -0.1) is 0 Å². The Morgan fingerprint density at radius 3 is 2.25 bits per heavy atom. The number of amides is 1. The van der Waals surface area contributed by atoms with Crippen molar-refractivity contribution in [3.63, 3.8) is 0 Å². The monoisotopic (exact) mass is 322 g/mol. The van der Waals surface area contributed by atoms with Gasteiger partial charge in [0.2, 0.25) is 5.91 Å². The molecule has 3 rings (SSSR count). The number of hydrogen-bond acceptors (Lipinski definition) is 2. The first-order valence-corrected chi connectivity index (χ1v) is 8.64. The van der Waals surface area contributed by atoms with Gasteiger partial charge < -0.3 is 5.32 Å². The third-order valence-corrected chi connectivity index (χ3v) is 5.41. The minimum Gasteiger partial charge on any atom is -0.346 e. The molecule has 2 aromatic carbocycles. The average molecular weight is 322 g/mol. The van der Waals surface area contributed by atoms with Gasteiger partial charge in [0.25, 0.3) is 0 Å². The molecular weight excluding hydrogens is 296 g/mol. The van der Waals surface area contributed by atoms with Crippen LogP contribution in [0.4, 0.5) is 0 Å². The Morgan fingerprint density at radius 1 is 1.08 bits per heavy atom. The highest BCUT2D eigenvalue weighted by atomic mass is 16.1. The fraction of sp³-hybridized carbons (Fsp3) is 0.381. The lowest BCUT2D eigenvalue weighted by Crippen LogP contribution is -2.58. The van der Waals surface area contributed by atoms with Crippen LogP contribution in [0.15, 0.2) is 60.7 Å². The van der Waals surface area contributed by atoms with Crippen LogP contribution in [0.2, 0.25) is 0 Å². The second-order valence-corrected chi connectivity index (χ2v) is 6.89. The lowest BCUT2D eigenvalue weighted by molar-refractivity contribution is -0.123. The van der Waals surface area contributed by atoms with Crippen LogP contribution in [-0.4, -0.2) is 24.4 Å².